The number of hydrogen-bond acceptors (Lipinski definition) is 5. The number of carbonyl (C=O) groups is 2. The number of rotatable bonds is 6. The number of hydrogen-bond donors (Lipinski definition) is 2. The van der Waals surface area contributed by atoms with Crippen molar-refractivity contribution in [1.29, 1.82) is 0 Å². The zero-order valence-electron chi connectivity index (χ0n) is 18.0. The number of ether oxygens (including phenoxy) is 2. The highest BCUT2D eigenvalue weighted by molar-refractivity contribution is 5.87. The van der Waals surface area contributed by atoms with Crippen LogP contribution in [0.2, 0.25) is 0 Å². The summed E-state index contributed by atoms with van der Waals surface area (Å²) in [4.78, 5) is 31.8. The van der Waals surface area contributed by atoms with Crippen molar-refractivity contribution in [2.24, 2.45) is 7.05 Å². The topological polar surface area (TPSA) is 98.2 Å². The molecule has 0 unspecified atom stereocenters. The third-order valence-electron chi connectivity index (χ3n) is 4.52. The summed E-state index contributed by atoms with van der Waals surface area (Å²) in [5.74, 6) is -0.0331. The van der Waals surface area contributed by atoms with Crippen LogP contribution in [0.25, 0.3) is 10.9 Å². The molecule has 2 aromatic heterocycles. The summed E-state index contributed by atoms with van der Waals surface area (Å²) in [6.07, 6.45) is 3.36. The minimum absolute atomic E-state index is 0.237. The molecule has 0 fully saturated rings. The molecular weight excluding hydrogens is 384 g/mol. The summed E-state index contributed by atoms with van der Waals surface area (Å²) in [6, 6.07) is 7.53. The average Bonchev–Trinajstić information content (AvgIpc) is 3.26. The molecule has 0 radical (unpaired) electrons. The van der Waals surface area contributed by atoms with Crippen molar-refractivity contribution in [1.82, 2.24) is 19.9 Å². The van der Waals surface area contributed by atoms with Crippen LogP contribution in [-0.4, -0.2) is 38.8 Å². The number of H-pyrrole nitrogens is 1. The number of aryl methyl sites for hydroxylation is 1. The van der Waals surface area contributed by atoms with Gasteiger partial charge in [-0.2, -0.15) is 0 Å². The first-order valence-electron chi connectivity index (χ1n) is 9.92. The van der Waals surface area contributed by atoms with Gasteiger partial charge in [0.1, 0.15) is 17.1 Å². The van der Waals surface area contributed by atoms with Gasteiger partial charge in [0.05, 0.1) is 18.8 Å². The smallest absolute Gasteiger partial charge is 0.408 e. The Morgan fingerprint density at radius 1 is 1.27 bits per heavy atom. The summed E-state index contributed by atoms with van der Waals surface area (Å²) in [5.41, 5.74) is 1.74. The molecular formula is C22H28N4O4. The predicted molar refractivity (Wildman–Crippen MR) is 113 cm³/mol. The van der Waals surface area contributed by atoms with Crippen LogP contribution in [0.15, 0.2) is 36.7 Å². The van der Waals surface area contributed by atoms with E-state index in [1.807, 2.05) is 42.1 Å². The van der Waals surface area contributed by atoms with Crippen LogP contribution in [-0.2, 0) is 22.9 Å². The van der Waals surface area contributed by atoms with Crippen LogP contribution < -0.4 is 5.32 Å². The number of benzene rings is 1. The SMILES string of the molecule is CCOC(=O)c1cnc([C@@H](Cc2cn(C)c3ccccc23)NC(=O)OC(C)(C)C)[nH]1. The fraction of sp³-hybridized carbons (Fsp3) is 0.409. The maximum atomic E-state index is 12.5. The zero-order chi connectivity index (χ0) is 21.9. The number of imidazole rings is 1. The van der Waals surface area contributed by atoms with E-state index < -0.39 is 23.7 Å². The van der Waals surface area contributed by atoms with E-state index in [1.165, 1.54) is 6.20 Å². The third-order valence-corrected chi connectivity index (χ3v) is 4.52. The van der Waals surface area contributed by atoms with Crippen LogP contribution in [0.1, 0.15) is 55.6 Å². The summed E-state index contributed by atoms with van der Waals surface area (Å²) in [5, 5.41) is 3.97. The van der Waals surface area contributed by atoms with Gasteiger partial charge in [-0.3, -0.25) is 0 Å². The van der Waals surface area contributed by atoms with E-state index in [0.29, 0.717) is 12.2 Å². The molecule has 160 valence electrons. The Labute approximate surface area is 175 Å². The Morgan fingerprint density at radius 3 is 2.70 bits per heavy atom. The van der Waals surface area contributed by atoms with Gasteiger partial charge in [0.2, 0.25) is 0 Å². The molecule has 8 heteroatoms. The van der Waals surface area contributed by atoms with Gasteiger partial charge in [-0.15, -0.1) is 0 Å². The molecule has 1 atom stereocenters. The Bertz CT molecular complexity index is 1050. The molecule has 0 aliphatic heterocycles. The Kier molecular flexibility index (Phi) is 6.14. The number of para-hydroxylation sites is 1. The van der Waals surface area contributed by atoms with E-state index in [-0.39, 0.29) is 12.3 Å². The Balaban J connectivity index is 1.91. The Morgan fingerprint density at radius 2 is 2.00 bits per heavy atom. The molecule has 1 amide bonds. The molecule has 0 aliphatic rings. The largest absolute Gasteiger partial charge is 0.461 e. The summed E-state index contributed by atoms with van der Waals surface area (Å²) >= 11 is 0. The number of aromatic amines is 1. The van der Waals surface area contributed by atoms with Crippen LogP contribution >= 0.6 is 0 Å². The summed E-state index contributed by atoms with van der Waals surface area (Å²) in [6.45, 7) is 7.42. The molecule has 0 bridgehead atoms. The molecule has 2 heterocycles. The maximum Gasteiger partial charge on any atom is 0.408 e. The number of amides is 1. The lowest BCUT2D eigenvalue weighted by atomic mass is 10.0. The van der Waals surface area contributed by atoms with Crippen LogP contribution in [0, 0.1) is 0 Å². The number of aromatic nitrogens is 3. The summed E-state index contributed by atoms with van der Waals surface area (Å²) < 4.78 is 12.5. The first kappa shape index (κ1) is 21.4. The fourth-order valence-electron chi connectivity index (χ4n) is 3.30. The quantitative estimate of drug-likeness (QED) is 0.599. The molecule has 3 rings (SSSR count). The lowest BCUT2D eigenvalue weighted by Crippen LogP contribution is -2.36. The molecule has 1 aromatic carbocycles. The van der Waals surface area contributed by atoms with E-state index in [9.17, 15) is 9.59 Å². The number of carbonyl (C=O) groups excluding carboxylic acids is 2. The highest BCUT2D eigenvalue weighted by atomic mass is 16.6. The van der Waals surface area contributed by atoms with Gasteiger partial charge in [-0.05, 0) is 39.3 Å². The average molecular weight is 412 g/mol. The van der Waals surface area contributed by atoms with Crippen molar-refractivity contribution in [3.8, 4) is 0 Å². The minimum Gasteiger partial charge on any atom is -0.461 e. The monoisotopic (exact) mass is 412 g/mol. The molecule has 3 aromatic rings. The zero-order valence-corrected chi connectivity index (χ0v) is 18.0. The van der Waals surface area contributed by atoms with E-state index in [1.54, 1.807) is 27.7 Å². The molecule has 0 aliphatic carbocycles. The Hall–Kier alpha value is -3.29. The van der Waals surface area contributed by atoms with E-state index in [4.69, 9.17) is 9.47 Å². The van der Waals surface area contributed by atoms with Gasteiger partial charge in [-0.1, -0.05) is 18.2 Å². The number of alkyl carbamates (subject to hydrolysis) is 1. The number of nitrogens with one attached hydrogen (secondary N) is 2. The normalized spacial score (nSPS) is 12.6. The second-order valence-corrected chi connectivity index (χ2v) is 8.09. The molecule has 0 saturated carbocycles. The lowest BCUT2D eigenvalue weighted by molar-refractivity contribution is 0.0500. The fourth-order valence-corrected chi connectivity index (χ4v) is 3.30. The molecule has 30 heavy (non-hydrogen) atoms. The number of esters is 1. The van der Waals surface area contributed by atoms with Gasteiger partial charge < -0.3 is 24.3 Å². The van der Waals surface area contributed by atoms with Gasteiger partial charge in [0.25, 0.3) is 0 Å². The van der Waals surface area contributed by atoms with Gasteiger partial charge in [-0.25, -0.2) is 14.6 Å². The minimum atomic E-state index is -0.632. The van der Waals surface area contributed by atoms with Crippen LogP contribution in [0.3, 0.4) is 0 Å². The third kappa shape index (κ3) is 5.00. The first-order chi connectivity index (χ1) is 14.2. The van der Waals surface area contributed by atoms with Crippen molar-refractivity contribution in [3.05, 3.63) is 53.7 Å². The van der Waals surface area contributed by atoms with Crippen molar-refractivity contribution >= 4 is 23.0 Å². The van der Waals surface area contributed by atoms with Gasteiger partial charge in [0.15, 0.2) is 0 Å². The predicted octanol–water partition coefficient (Wildman–Crippen LogP) is 3.89. The van der Waals surface area contributed by atoms with E-state index >= 15 is 0 Å². The maximum absolute atomic E-state index is 12.5. The molecule has 0 saturated heterocycles. The highest BCUT2D eigenvalue weighted by Crippen LogP contribution is 2.25. The molecule has 2 N–H and O–H groups in total. The van der Waals surface area contributed by atoms with Crippen LogP contribution in [0.5, 0.6) is 0 Å². The second kappa shape index (κ2) is 8.61. The lowest BCUT2D eigenvalue weighted by Gasteiger charge is -2.23. The second-order valence-electron chi connectivity index (χ2n) is 8.09. The van der Waals surface area contributed by atoms with Gasteiger partial charge >= 0.3 is 12.1 Å². The standard InChI is InChI=1S/C22H28N4O4/c1-6-29-20(27)17-12-23-19(24-17)16(25-21(28)30-22(2,3)4)11-14-13-26(5)18-10-8-7-9-15(14)18/h7-10,12-13,16H,6,11H2,1-5H3,(H,23,24)(H,25,28)/t16-/m1/s1. The molecule has 0 spiro atoms. The molecule has 8 nitrogen and oxygen atoms in total. The van der Waals surface area contributed by atoms with E-state index in [2.05, 4.69) is 15.3 Å². The van der Waals surface area contributed by atoms with Crippen molar-refractivity contribution < 1.29 is 19.1 Å². The van der Waals surface area contributed by atoms with Crippen molar-refractivity contribution in [2.45, 2.75) is 45.8 Å². The highest BCUT2D eigenvalue weighted by Gasteiger charge is 2.25. The number of nitrogens with zero attached hydrogens (tertiary/aromatic N) is 2. The summed E-state index contributed by atoms with van der Waals surface area (Å²) in [7, 11) is 1.98. The number of fused-ring (bicyclic) bond motifs is 1. The van der Waals surface area contributed by atoms with Crippen LogP contribution in [0.4, 0.5) is 4.79 Å². The van der Waals surface area contributed by atoms with Crippen molar-refractivity contribution in [3.63, 3.8) is 0 Å². The van der Waals surface area contributed by atoms with Crippen molar-refractivity contribution in [2.75, 3.05) is 6.61 Å². The van der Waals surface area contributed by atoms with E-state index in [0.717, 1.165) is 16.5 Å². The van der Waals surface area contributed by atoms with Gasteiger partial charge in [0, 0.05) is 30.6 Å². The first-order valence-corrected chi connectivity index (χ1v) is 9.92.